The minimum Gasteiger partial charge on any atom is -0.351 e. The van der Waals surface area contributed by atoms with E-state index in [1.807, 2.05) is 18.2 Å². The zero-order valence-corrected chi connectivity index (χ0v) is 20.3. The van der Waals surface area contributed by atoms with Crippen LogP contribution >= 0.6 is 11.8 Å². The standard InChI is InChI=1S/C26H28FN5O2S/c1-3-20(14-23-24(33)32-26(34)35-23)30-25(28-2)31-22-10-8-21(9-11-22)29-15-16-4-5-18-13-19(27)7-6-17(18)12-16/h3-7,12-14,21-22,29H,2,8-11,15H2,1H3,(H,30,31)(H,32,33,34)/b20-3-,23-14-/t21-,22-. The molecule has 1 aliphatic heterocycles. The van der Waals surface area contributed by atoms with Crippen molar-refractivity contribution in [3.05, 3.63) is 70.5 Å². The van der Waals surface area contributed by atoms with Crippen LogP contribution in [0, 0.1) is 5.82 Å². The van der Waals surface area contributed by atoms with Gasteiger partial charge in [-0.05, 0) is 91.7 Å². The number of nitrogens with zero attached hydrogens (tertiary/aromatic N) is 2. The van der Waals surface area contributed by atoms with E-state index in [4.69, 9.17) is 0 Å². The van der Waals surface area contributed by atoms with Crippen LogP contribution in [0.2, 0.25) is 0 Å². The number of fused-ring (bicyclic) bond motifs is 1. The third-order valence-corrected chi connectivity index (χ3v) is 6.93. The number of guanidine groups is 1. The van der Waals surface area contributed by atoms with Crippen LogP contribution < -0.4 is 16.0 Å². The normalized spacial score (nSPS) is 22.5. The molecule has 1 aliphatic carbocycles. The van der Waals surface area contributed by atoms with Crippen LogP contribution in [0.3, 0.4) is 0 Å². The Balaban J connectivity index is 1.28. The lowest BCUT2D eigenvalue weighted by Gasteiger charge is -2.30. The van der Waals surface area contributed by atoms with Gasteiger partial charge in [0.1, 0.15) is 5.82 Å². The predicted molar refractivity (Wildman–Crippen MR) is 140 cm³/mol. The lowest BCUT2D eigenvalue weighted by atomic mass is 9.91. The summed E-state index contributed by atoms with van der Waals surface area (Å²) in [6, 6.07) is 11.6. The Morgan fingerprint density at radius 3 is 2.54 bits per heavy atom. The SMILES string of the molecule is C=N\C(=N/C(=C\C)/C=C1\SC(=O)NC1=O)N[C@H]1CC[C@H](NCc2ccc3cc(F)ccc3c2)CC1. The largest absolute Gasteiger partial charge is 0.351 e. The molecule has 0 aromatic heterocycles. The summed E-state index contributed by atoms with van der Waals surface area (Å²) >= 11 is 0.855. The Morgan fingerprint density at radius 2 is 1.86 bits per heavy atom. The van der Waals surface area contributed by atoms with Gasteiger partial charge in [0.25, 0.3) is 11.1 Å². The molecule has 7 nitrogen and oxygen atoms in total. The number of allylic oxidation sites excluding steroid dienone is 2. The molecule has 1 saturated carbocycles. The van der Waals surface area contributed by atoms with Gasteiger partial charge in [0.2, 0.25) is 5.96 Å². The molecule has 1 saturated heterocycles. The smallest absolute Gasteiger partial charge is 0.290 e. The van der Waals surface area contributed by atoms with Crippen molar-refractivity contribution in [3.63, 3.8) is 0 Å². The molecule has 4 rings (SSSR count). The Hall–Kier alpha value is -3.30. The first kappa shape index (κ1) is 24.8. The zero-order valence-electron chi connectivity index (χ0n) is 19.5. The first-order chi connectivity index (χ1) is 16.9. The van der Waals surface area contributed by atoms with Crippen molar-refractivity contribution in [2.45, 2.75) is 51.2 Å². The number of aliphatic imine (C=N–C) groups is 2. The second-order valence-electron chi connectivity index (χ2n) is 8.56. The van der Waals surface area contributed by atoms with Crippen molar-refractivity contribution in [2.75, 3.05) is 0 Å². The molecule has 2 aromatic carbocycles. The number of hydrogen-bond acceptors (Lipinski definition) is 5. The fourth-order valence-corrected chi connectivity index (χ4v) is 4.90. The van der Waals surface area contributed by atoms with Gasteiger partial charge in [0.15, 0.2) is 0 Å². The van der Waals surface area contributed by atoms with E-state index in [2.05, 4.69) is 38.7 Å². The van der Waals surface area contributed by atoms with Gasteiger partial charge < -0.3 is 10.6 Å². The van der Waals surface area contributed by atoms with Crippen molar-refractivity contribution in [3.8, 4) is 0 Å². The average molecular weight is 494 g/mol. The van der Waals surface area contributed by atoms with Gasteiger partial charge in [-0.25, -0.2) is 14.4 Å². The molecular formula is C26H28FN5O2S. The first-order valence-corrected chi connectivity index (χ1v) is 12.4. The van der Waals surface area contributed by atoms with Crippen molar-refractivity contribution in [1.29, 1.82) is 0 Å². The van der Waals surface area contributed by atoms with E-state index < -0.39 is 5.91 Å². The van der Waals surface area contributed by atoms with E-state index in [0.29, 0.717) is 22.6 Å². The number of amides is 2. The molecule has 182 valence electrons. The predicted octanol–water partition coefficient (Wildman–Crippen LogP) is 4.80. The van der Waals surface area contributed by atoms with Crippen LogP contribution in [-0.4, -0.2) is 35.9 Å². The highest BCUT2D eigenvalue weighted by molar-refractivity contribution is 8.18. The number of hydrogen-bond donors (Lipinski definition) is 3. The summed E-state index contributed by atoms with van der Waals surface area (Å²) in [5.74, 6) is -0.239. The van der Waals surface area contributed by atoms with E-state index in [-0.39, 0.29) is 17.1 Å². The molecular weight excluding hydrogens is 465 g/mol. The number of carbonyl (C=O) groups excluding carboxylic acids is 2. The quantitative estimate of drug-likeness (QED) is 0.305. The van der Waals surface area contributed by atoms with E-state index in [9.17, 15) is 14.0 Å². The summed E-state index contributed by atoms with van der Waals surface area (Å²) in [5.41, 5.74) is 1.71. The minimum absolute atomic E-state index is 0.218. The first-order valence-electron chi connectivity index (χ1n) is 11.6. The van der Waals surface area contributed by atoms with E-state index in [1.54, 1.807) is 25.1 Å². The highest BCUT2D eigenvalue weighted by Gasteiger charge is 2.25. The second kappa shape index (κ2) is 11.4. The molecule has 3 N–H and O–H groups in total. The monoisotopic (exact) mass is 493 g/mol. The third kappa shape index (κ3) is 6.64. The van der Waals surface area contributed by atoms with Crippen molar-refractivity contribution >= 4 is 46.4 Å². The molecule has 1 heterocycles. The van der Waals surface area contributed by atoms with Gasteiger partial charge in [0.05, 0.1) is 10.6 Å². The summed E-state index contributed by atoms with van der Waals surface area (Å²) in [6.07, 6.45) is 7.27. The number of rotatable bonds is 6. The molecule has 2 amide bonds. The van der Waals surface area contributed by atoms with Crippen molar-refractivity contribution in [2.24, 2.45) is 9.98 Å². The highest BCUT2D eigenvalue weighted by atomic mass is 32.2. The topological polar surface area (TPSA) is 95.0 Å². The van der Waals surface area contributed by atoms with Crippen LogP contribution in [0.5, 0.6) is 0 Å². The fourth-order valence-electron chi connectivity index (χ4n) is 4.23. The Bertz CT molecular complexity index is 1230. The lowest BCUT2D eigenvalue weighted by Crippen LogP contribution is -2.41. The summed E-state index contributed by atoms with van der Waals surface area (Å²) in [4.78, 5) is 31.9. The van der Waals surface area contributed by atoms with Gasteiger partial charge in [-0.1, -0.05) is 24.3 Å². The van der Waals surface area contributed by atoms with Crippen LogP contribution in [0.15, 0.2) is 69.1 Å². The Kier molecular flexibility index (Phi) is 8.09. The maximum Gasteiger partial charge on any atom is 0.290 e. The summed E-state index contributed by atoms with van der Waals surface area (Å²) in [5, 5.41) is 10.8. The molecule has 0 bridgehead atoms. The number of benzene rings is 2. The molecule has 2 fully saturated rings. The minimum atomic E-state index is -0.418. The van der Waals surface area contributed by atoms with Crippen LogP contribution in [0.25, 0.3) is 10.8 Å². The number of imide groups is 1. The summed E-state index contributed by atoms with van der Waals surface area (Å²) in [6.45, 7) is 6.19. The average Bonchev–Trinajstić information content (AvgIpc) is 3.18. The van der Waals surface area contributed by atoms with Gasteiger partial charge in [-0.15, -0.1) is 0 Å². The maximum atomic E-state index is 13.4. The molecule has 0 atom stereocenters. The molecule has 0 unspecified atom stereocenters. The van der Waals surface area contributed by atoms with Gasteiger partial charge in [-0.3, -0.25) is 14.9 Å². The summed E-state index contributed by atoms with van der Waals surface area (Å²) in [7, 11) is 0. The van der Waals surface area contributed by atoms with Crippen LogP contribution in [0.4, 0.5) is 9.18 Å². The van der Waals surface area contributed by atoms with Crippen molar-refractivity contribution in [1.82, 2.24) is 16.0 Å². The van der Waals surface area contributed by atoms with Crippen LogP contribution in [0.1, 0.15) is 38.2 Å². The molecule has 35 heavy (non-hydrogen) atoms. The molecule has 9 heteroatoms. The summed E-state index contributed by atoms with van der Waals surface area (Å²) < 4.78 is 13.4. The third-order valence-electron chi connectivity index (χ3n) is 6.12. The number of thioether (sulfide) groups is 1. The van der Waals surface area contributed by atoms with Crippen LogP contribution in [-0.2, 0) is 11.3 Å². The van der Waals surface area contributed by atoms with Gasteiger partial charge in [-0.2, -0.15) is 0 Å². The second-order valence-corrected chi connectivity index (χ2v) is 9.57. The zero-order chi connectivity index (χ0) is 24.8. The fraction of sp³-hybridized carbons (Fsp3) is 0.308. The number of carbonyl (C=O) groups is 2. The number of halogens is 1. The Labute approximate surface area is 208 Å². The Morgan fingerprint density at radius 1 is 1.14 bits per heavy atom. The van der Waals surface area contributed by atoms with E-state index >= 15 is 0 Å². The molecule has 2 aromatic rings. The van der Waals surface area contributed by atoms with Crippen molar-refractivity contribution < 1.29 is 14.0 Å². The van der Waals surface area contributed by atoms with Gasteiger partial charge >= 0.3 is 0 Å². The van der Waals surface area contributed by atoms with E-state index in [1.165, 1.54) is 11.6 Å². The maximum absolute atomic E-state index is 13.4. The van der Waals surface area contributed by atoms with Gasteiger partial charge in [0, 0.05) is 18.6 Å². The molecule has 0 radical (unpaired) electrons. The molecule has 2 aliphatic rings. The highest BCUT2D eigenvalue weighted by Crippen LogP contribution is 2.25. The number of nitrogens with one attached hydrogen (secondary N) is 3. The molecule has 0 spiro atoms. The van der Waals surface area contributed by atoms with E-state index in [0.717, 1.165) is 54.8 Å². The lowest BCUT2D eigenvalue weighted by molar-refractivity contribution is -0.115.